The van der Waals surface area contributed by atoms with E-state index in [4.69, 9.17) is 14.2 Å². The molecule has 2 aliphatic carbocycles. The Morgan fingerprint density at radius 3 is 2.29 bits per heavy atom. The molecule has 1 aliphatic heterocycles. The largest absolute Gasteiger partial charge is 0.490 e. The number of ketones is 2. The molecule has 2 aromatic rings. The number of benzene rings is 2. The van der Waals surface area contributed by atoms with Crippen molar-refractivity contribution in [1.82, 2.24) is 4.90 Å². The van der Waals surface area contributed by atoms with E-state index in [0.717, 1.165) is 42.6 Å². The van der Waals surface area contributed by atoms with E-state index in [1.807, 2.05) is 19.1 Å². The second-order valence-electron chi connectivity index (χ2n) is 10.3. The van der Waals surface area contributed by atoms with Crippen LogP contribution in [0.1, 0.15) is 62.5 Å². The van der Waals surface area contributed by atoms with Crippen LogP contribution in [0.25, 0.3) is 0 Å². The number of non-ortho nitro benzene ring substituents is 1. The molecule has 3 aliphatic rings. The summed E-state index contributed by atoms with van der Waals surface area (Å²) < 4.78 is 18.1. The molecule has 0 aromatic heterocycles. The fourth-order valence-corrected chi connectivity index (χ4v) is 6.65. The highest BCUT2D eigenvalue weighted by atomic mass is 79.9. The van der Waals surface area contributed by atoms with Crippen LogP contribution in [0.15, 0.2) is 63.4 Å². The third kappa shape index (κ3) is 5.81. The van der Waals surface area contributed by atoms with E-state index < -0.39 is 10.8 Å². The number of carbonyl (C=O) groups excluding carboxylic acids is 2. The molecule has 0 saturated carbocycles. The Labute approximate surface area is 247 Å². The molecule has 2 aromatic carbocycles. The van der Waals surface area contributed by atoms with Crippen molar-refractivity contribution in [3.8, 4) is 11.5 Å². The molecule has 1 heterocycles. The minimum atomic E-state index is -0.485. The number of ether oxygens (including phenoxy) is 3. The van der Waals surface area contributed by atoms with Gasteiger partial charge in [0, 0.05) is 67.1 Å². The molecule has 0 bridgehead atoms. The van der Waals surface area contributed by atoms with Crippen LogP contribution in [0, 0.1) is 10.1 Å². The number of allylic oxidation sites excluding steroid dienone is 4. The monoisotopic (exact) mass is 624 g/mol. The summed E-state index contributed by atoms with van der Waals surface area (Å²) in [4.78, 5) is 40.0. The van der Waals surface area contributed by atoms with Crippen molar-refractivity contribution in [2.45, 2.75) is 58.0 Å². The summed E-state index contributed by atoms with van der Waals surface area (Å²) in [6.07, 6.45) is 4.01. The predicted octanol–water partition coefficient (Wildman–Crippen LogP) is 6.39. The maximum absolute atomic E-state index is 13.5. The van der Waals surface area contributed by atoms with Gasteiger partial charge in [-0.05, 0) is 71.8 Å². The van der Waals surface area contributed by atoms with E-state index in [1.165, 1.54) is 12.1 Å². The van der Waals surface area contributed by atoms with Crippen LogP contribution in [0.3, 0.4) is 0 Å². The number of nitrogens with zero attached hydrogens (tertiary/aromatic N) is 2. The SMILES string of the molecule is CCOc1cc(C2C3=C(CCCC3=O)N(CCOC)C3=C2C(=O)CCC3)cc(Br)c1OCc1cccc([N+](=O)[O-])c1. The van der Waals surface area contributed by atoms with Crippen LogP contribution in [-0.2, 0) is 20.9 Å². The smallest absolute Gasteiger partial charge is 0.269 e. The molecule has 0 amide bonds. The van der Waals surface area contributed by atoms with E-state index in [2.05, 4.69) is 20.8 Å². The van der Waals surface area contributed by atoms with Crippen molar-refractivity contribution in [3.05, 3.63) is 84.7 Å². The van der Waals surface area contributed by atoms with Crippen LogP contribution < -0.4 is 9.47 Å². The Bertz CT molecular complexity index is 1400. The minimum Gasteiger partial charge on any atom is -0.490 e. The highest BCUT2D eigenvalue weighted by molar-refractivity contribution is 9.10. The van der Waals surface area contributed by atoms with Gasteiger partial charge in [-0.25, -0.2) is 0 Å². The Hall–Kier alpha value is -3.50. The normalized spacial score (nSPS) is 17.5. The fraction of sp³-hybridized carbons (Fsp3) is 0.419. The van der Waals surface area contributed by atoms with Gasteiger partial charge in [-0.2, -0.15) is 0 Å². The summed E-state index contributed by atoms with van der Waals surface area (Å²) in [6, 6.07) is 10.1. The molecular formula is C31H33BrN2O7. The summed E-state index contributed by atoms with van der Waals surface area (Å²) >= 11 is 3.66. The molecule has 216 valence electrons. The van der Waals surface area contributed by atoms with Gasteiger partial charge in [0.15, 0.2) is 23.1 Å². The quantitative estimate of drug-likeness (QED) is 0.221. The van der Waals surface area contributed by atoms with Gasteiger partial charge in [-0.15, -0.1) is 0 Å². The highest BCUT2D eigenvalue weighted by Crippen LogP contribution is 2.51. The van der Waals surface area contributed by atoms with Gasteiger partial charge in [0.2, 0.25) is 0 Å². The van der Waals surface area contributed by atoms with E-state index in [9.17, 15) is 19.7 Å². The summed E-state index contributed by atoms with van der Waals surface area (Å²) in [5, 5.41) is 11.2. The number of rotatable bonds is 10. The van der Waals surface area contributed by atoms with E-state index >= 15 is 0 Å². The van der Waals surface area contributed by atoms with Crippen LogP contribution in [0.5, 0.6) is 11.5 Å². The average molecular weight is 626 g/mol. The molecule has 0 saturated heterocycles. The molecule has 10 heteroatoms. The standard InChI is InChI=1S/C31H33BrN2O7/c1-3-40-27-17-20(16-22(32)31(27)41-18-19-7-4-8-21(15-19)34(37)38)28-29-23(9-5-11-25(29)35)33(13-14-39-2)24-10-6-12-26(36)30(24)28/h4,7-8,15-17,28H,3,5-6,9-14,18H2,1-2H3. The molecule has 0 N–H and O–H groups in total. The van der Waals surface area contributed by atoms with Crippen molar-refractivity contribution in [1.29, 1.82) is 0 Å². The zero-order valence-corrected chi connectivity index (χ0v) is 24.8. The van der Waals surface area contributed by atoms with Crippen LogP contribution >= 0.6 is 15.9 Å². The Kier molecular flexibility index (Phi) is 8.89. The molecule has 0 unspecified atom stereocenters. The van der Waals surface area contributed by atoms with Crippen molar-refractivity contribution in [2.24, 2.45) is 0 Å². The molecule has 0 spiro atoms. The summed E-state index contributed by atoms with van der Waals surface area (Å²) in [6.45, 7) is 3.43. The number of hydrogen-bond acceptors (Lipinski definition) is 8. The first kappa shape index (κ1) is 29.0. The third-order valence-corrected chi connectivity index (χ3v) is 8.36. The van der Waals surface area contributed by atoms with E-state index in [1.54, 1.807) is 19.2 Å². The predicted molar refractivity (Wildman–Crippen MR) is 156 cm³/mol. The number of methoxy groups -OCH3 is 1. The molecule has 5 rings (SSSR count). The van der Waals surface area contributed by atoms with E-state index in [-0.39, 0.29) is 23.9 Å². The Morgan fingerprint density at radius 2 is 1.68 bits per heavy atom. The molecule has 41 heavy (non-hydrogen) atoms. The second kappa shape index (κ2) is 12.6. The van der Waals surface area contributed by atoms with Crippen molar-refractivity contribution >= 4 is 33.2 Å². The average Bonchev–Trinajstić information content (AvgIpc) is 2.95. The fourth-order valence-electron chi connectivity index (χ4n) is 6.08. The van der Waals surface area contributed by atoms with Crippen LogP contribution in [0.4, 0.5) is 5.69 Å². The lowest BCUT2D eigenvalue weighted by molar-refractivity contribution is -0.384. The number of nitro benzene ring substituents is 1. The van der Waals surface area contributed by atoms with Gasteiger partial charge in [0.05, 0.1) is 22.6 Å². The first-order valence-electron chi connectivity index (χ1n) is 13.9. The number of carbonyl (C=O) groups is 2. The van der Waals surface area contributed by atoms with Gasteiger partial charge in [0.25, 0.3) is 5.69 Å². The lowest BCUT2D eigenvalue weighted by atomic mass is 9.71. The van der Waals surface area contributed by atoms with Crippen molar-refractivity contribution in [2.75, 3.05) is 26.9 Å². The van der Waals surface area contributed by atoms with E-state index in [0.29, 0.717) is 65.3 Å². The van der Waals surface area contributed by atoms with Gasteiger partial charge in [-0.3, -0.25) is 19.7 Å². The molecular weight excluding hydrogens is 592 g/mol. The molecule has 0 atom stereocenters. The zero-order chi connectivity index (χ0) is 29.1. The van der Waals surface area contributed by atoms with Crippen molar-refractivity contribution in [3.63, 3.8) is 0 Å². The van der Waals surface area contributed by atoms with Gasteiger partial charge < -0.3 is 19.1 Å². The second-order valence-corrected chi connectivity index (χ2v) is 11.2. The topological polar surface area (TPSA) is 108 Å². The Morgan fingerprint density at radius 1 is 1.00 bits per heavy atom. The maximum Gasteiger partial charge on any atom is 0.269 e. The summed E-state index contributed by atoms with van der Waals surface area (Å²) in [5.74, 6) is 0.584. The van der Waals surface area contributed by atoms with Crippen LogP contribution in [0.2, 0.25) is 0 Å². The number of hydrogen-bond donors (Lipinski definition) is 0. The first-order chi connectivity index (χ1) is 19.8. The minimum absolute atomic E-state index is 0.00940. The third-order valence-electron chi connectivity index (χ3n) is 7.78. The lowest BCUT2D eigenvalue weighted by Gasteiger charge is -2.44. The van der Waals surface area contributed by atoms with Gasteiger partial charge in [0.1, 0.15) is 6.61 Å². The van der Waals surface area contributed by atoms with Gasteiger partial charge in [-0.1, -0.05) is 12.1 Å². The number of halogens is 1. The first-order valence-corrected chi connectivity index (χ1v) is 14.7. The highest BCUT2D eigenvalue weighted by Gasteiger charge is 2.43. The van der Waals surface area contributed by atoms with Gasteiger partial charge >= 0.3 is 0 Å². The maximum atomic E-state index is 13.5. The summed E-state index contributed by atoms with van der Waals surface area (Å²) in [5.41, 5.74) is 4.81. The molecule has 0 radical (unpaired) electrons. The Balaban J connectivity index is 1.58. The summed E-state index contributed by atoms with van der Waals surface area (Å²) in [7, 11) is 1.66. The lowest BCUT2D eigenvalue weighted by Crippen LogP contribution is -2.40. The molecule has 9 nitrogen and oxygen atoms in total. The number of nitro groups is 1. The molecule has 0 fully saturated rings. The van der Waals surface area contributed by atoms with Crippen molar-refractivity contribution < 1.29 is 28.7 Å². The number of Topliss-reactive ketones (excluding diaryl/α,β-unsaturated/α-hetero) is 2. The zero-order valence-electron chi connectivity index (χ0n) is 23.2. The van der Waals surface area contributed by atoms with Crippen LogP contribution in [-0.4, -0.2) is 48.3 Å².